The third kappa shape index (κ3) is 6.75. The highest BCUT2D eigenvalue weighted by Gasteiger charge is 2.37. The first-order valence-corrected chi connectivity index (χ1v) is 14.4. The highest BCUT2D eigenvalue weighted by Crippen LogP contribution is 2.36. The zero-order chi connectivity index (χ0) is 24.1. The maximum absolute atomic E-state index is 11.2. The van der Waals surface area contributed by atoms with Gasteiger partial charge in [-0.1, -0.05) is 54.1 Å². The summed E-state index contributed by atoms with van der Waals surface area (Å²) in [4.78, 5) is 5.22. The molecule has 3 aromatic rings. The Kier molecular flexibility index (Phi) is 8.26. The van der Waals surface area contributed by atoms with Gasteiger partial charge in [-0.3, -0.25) is 4.90 Å². The highest BCUT2D eigenvalue weighted by atomic mass is 35.5. The lowest BCUT2D eigenvalue weighted by molar-refractivity contribution is -0.0316. The van der Waals surface area contributed by atoms with Gasteiger partial charge >= 0.3 is 0 Å². The molecule has 3 nitrogen and oxygen atoms in total. The lowest BCUT2D eigenvalue weighted by Crippen LogP contribution is -2.46. The Labute approximate surface area is 219 Å². The summed E-state index contributed by atoms with van der Waals surface area (Å²) in [5, 5.41) is 16.6. The van der Waals surface area contributed by atoms with Crippen LogP contribution in [0.3, 0.4) is 0 Å². The molecule has 0 radical (unpaired) electrons. The van der Waals surface area contributed by atoms with Crippen molar-refractivity contribution in [1.82, 2.24) is 9.80 Å². The maximum Gasteiger partial charge on any atom is 0.0672 e. The van der Waals surface area contributed by atoms with Crippen molar-refractivity contribution in [3.8, 4) is 0 Å². The molecule has 2 fully saturated rings. The lowest BCUT2D eigenvalue weighted by Gasteiger charge is -2.39. The molecule has 0 amide bonds. The quantitative estimate of drug-likeness (QED) is 0.359. The molecule has 2 unspecified atom stereocenters. The van der Waals surface area contributed by atoms with Gasteiger partial charge in [0, 0.05) is 50.2 Å². The van der Waals surface area contributed by atoms with Crippen LogP contribution in [-0.4, -0.2) is 53.2 Å². The monoisotopic (exact) mass is 508 g/mol. The Morgan fingerprint density at radius 1 is 0.914 bits per heavy atom. The molecule has 35 heavy (non-hydrogen) atoms. The van der Waals surface area contributed by atoms with E-state index in [-0.39, 0.29) is 0 Å². The van der Waals surface area contributed by atoms with Crippen LogP contribution in [0.4, 0.5) is 0 Å². The molecule has 2 aromatic carbocycles. The number of aliphatic hydroxyl groups is 1. The second-order valence-electron chi connectivity index (χ2n) is 10.6. The van der Waals surface area contributed by atoms with Crippen molar-refractivity contribution in [3.05, 3.63) is 93.1 Å². The molecule has 0 aliphatic carbocycles. The fourth-order valence-corrected chi connectivity index (χ4v) is 6.84. The van der Waals surface area contributed by atoms with Crippen LogP contribution in [0.1, 0.15) is 48.3 Å². The molecular formula is C30H37ClN2OS. The fraction of sp³-hybridized carbons (Fsp3) is 0.467. The van der Waals surface area contributed by atoms with Gasteiger partial charge in [0.2, 0.25) is 0 Å². The Morgan fingerprint density at radius 2 is 1.69 bits per heavy atom. The molecule has 5 rings (SSSR count). The van der Waals surface area contributed by atoms with Crippen molar-refractivity contribution in [1.29, 1.82) is 0 Å². The molecule has 2 aliphatic heterocycles. The van der Waals surface area contributed by atoms with Crippen LogP contribution in [0.2, 0.25) is 5.02 Å². The third-order valence-corrected chi connectivity index (χ3v) is 8.99. The van der Waals surface area contributed by atoms with E-state index in [4.69, 9.17) is 11.6 Å². The van der Waals surface area contributed by atoms with Crippen LogP contribution in [-0.2, 0) is 13.0 Å². The van der Waals surface area contributed by atoms with E-state index >= 15 is 0 Å². The summed E-state index contributed by atoms with van der Waals surface area (Å²) in [5.74, 6) is 1.21. The number of likely N-dealkylation sites (tertiary alicyclic amines) is 2. The molecule has 1 aromatic heterocycles. The molecule has 0 saturated carbocycles. The Bertz CT molecular complexity index is 1030. The highest BCUT2D eigenvalue weighted by molar-refractivity contribution is 7.08. The van der Waals surface area contributed by atoms with Crippen LogP contribution in [0, 0.1) is 5.92 Å². The molecule has 5 heteroatoms. The number of hydrogen-bond acceptors (Lipinski definition) is 4. The van der Waals surface area contributed by atoms with E-state index in [2.05, 4.69) is 69.1 Å². The molecule has 0 spiro atoms. The van der Waals surface area contributed by atoms with Crippen LogP contribution in [0.25, 0.3) is 0 Å². The van der Waals surface area contributed by atoms with Crippen LogP contribution < -0.4 is 0 Å². The van der Waals surface area contributed by atoms with Gasteiger partial charge in [-0.25, -0.2) is 0 Å². The normalized spacial score (nSPS) is 23.0. The number of nitrogens with zero attached hydrogens (tertiary/aromatic N) is 2. The number of thiophene rings is 1. The topological polar surface area (TPSA) is 26.7 Å². The third-order valence-electron chi connectivity index (χ3n) is 8.04. The molecule has 186 valence electrons. The van der Waals surface area contributed by atoms with Gasteiger partial charge in [0.1, 0.15) is 0 Å². The summed E-state index contributed by atoms with van der Waals surface area (Å²) >= 11 is 7.90. The minimum atomic E-state index is -0.492. The SMILES string of the molecule is OC1(CCCc2ccccc2)CCN(CC2CN(Cc3ccc(Cl)cc3)CC2c2ccsc2)CC1. The van der Waals surface area contributed by atoms with Gasteiger partial charge in [0.15, 0.2) is 0 Å². The molecule has 2 saturated heterocycles. The maximum atomic E-state index is 11.2. The predicted molar refractivity (Wildman–Crippen MR) is 147 cm³/mol. The first kappa shape index (κ1) is 25.0. The summed E-state index contributed by atoms with van der Waals surface area (Å²) < 4.78 is 0. The number of rotatable bonds is 9. The first-order chi connectivity index (χ1) is 17.1. The van der Waals surface area contributed by atoms with Crippen LogP contribution >= 0.6 is 22.9 Å². The number of hydrogen-bond donors (Lipinski definition) is 1. The minimum absolute atomic E-state index is 0.492. The fourth-order valence-electron chi connectivity index (χ4n) is 5.99. The summed E-state index contributed by atoms with van der Waals surface area (Å²) in [7, 11) is 0. The van der Waals surface area contributed by atoms with E-state index < -0.39 is 5.60 Å². The Morgan fingerprint density at radius 3 is 2.40 bits per heavy atom. The van der Waals surface area contributed by atoms with E-state index in [0.29, 0.717) is 11.8 Å². The average molecular weight is 509 g/mol. The van der Waals surface area contributed by atoms with Gasteiger partial charge in [-0.05, 0) is 83.7 Å². The van der Waals surface area contributed by atoms with Crippen LogP contribution in [0.15, 0.2) is 71.4 Å². The molecular weight excluding hydrogens is 472 g/mol. The van der Waals surface area contributed by atoms with Crippen molar-refractivity contribution in [3.63, 3.8) is 0 Å². The van der Waals surface area contributed by atoms with Gasteiger partial charge in [-0.2, -0.15) is 11.3 Å². The van der Waals surface area contributed by atoms with Crippen molar-refractivity contribution in [2.75, 3.05) is 32.7 Å². The van der Waals surface area contributed by atoms with Gasteiger partial charge in [-0.15, -0.1) is 0 Å². The molecule has 1 N–H and O–H groups in total. The van der Waals surface area contributed by atoms with Crippen molar-refractivity contribution >= 4 is 22.9 Å². The smallest absolute Gasteiger partial charge is 0.0672 e. The summed E-state index contributed by atoms with van der Waals surface area (Å²) in [6.45, 7) is 6.35. The zero-order valence-electron chi connectivity index (χ0n) is 20.5. The Balaban J connectivity index is 1.14. The minimum Gasteiger partial charge on any atom is -0.390 e. The average Bonchev–Trinajstić information content (AvgIpc) is 3.53. The number of halogens is 1. The van der Waals surface area contributed by atoms with Gasteiger partial charge in [0.25, 0.3) is 0 Å². The van der Waals surface area contributed by atoms with Gasteiger partial charge < -0.3 is 10.0 Å². The number of piperidine rings is 1. The zero-order valence-corrected chi connectivity index (χ0v) is 22.1. The van der Waals surface area contributed by atoms with Crippen molar-refractivity contribution in [2.45, 2.75) is 50.2 Å². The van der Waals surface area contributed by atoms with Crippen LogP contribution in [0.5, 0.6) is 0 Å². The van der Waals surface area contributed by atoms with E-state index in [0.717, 1.165) is 76.4 Å². The summed E-state index contributed by atoms with van der Waals surface area (Å²) in [6, 6.07) is 21.3. The summed E-state index contributed by atoms with van der Waals surface area (Å²) in [6.07, 6.45) is 4.81. The molecule has 2 atom stereocenters. The number of aryl methyl sites for hydroxylation is 1. The second kappa shape index (κ2) is 11.6. The van der Waals surface area contributed by atoms with E-state index in [1.807, 2.05) is 23.5 Å². The molecule has 3 heterocycles. The largest absolute Gasteiger partial charge is 0.390 e. The van der Waals surface area contributed by atoms with E-state index in [9.17, 15) is 5.11 Å². The number of benzene rings is 2. The van der Waals surface area contributed by atoms with Crippen molar-refractivity contribution in [2.24, 2.45) is 5.92 Å². The van der Waals surface area contributed by atoms with Gasteiger partial charge in [0.05, 0.1) is 5.60 Å². The predicted octanol–water partition coefficient (Wildman–Crippen LogP) is 6.47. The van der Waals surface area contributed by atoms with E-state index in [1.54, 1.807) is 0 Å². The standard InChI is InChI=1S/C30H37ClN2OS/c31-28-10-8-25(9-11-28)19-33-21-27(29(22-33)26-12-18-35-23-26)20-32-16-14-30(34,15-17-32)13-4-7-24-5-2-1-3-6-24/h1-3,5-6,8-12,18,23,27,29,34H,4,7,13-17,19-22H2. The summed E-state index contributed by atoms with van der Waals surface area (Å²) in [5.41, 5.74) is 3.71. The first-order valence-electron chi connectivity index (χ1n) is 13.0. The molecule has 2 aliphatic rings. The van der Waals surface area contributed by atoms with E-state index in [1.165, 1.54) is 16.7 Å². The second-order valence-corrected chi connectivity index (χ2v) is 11.8. The lowest BCUT2D eigenvalue weighted by atomic mass is 9.84. The molecule has 0 bridgehead atoms. The van der Waals surface area contributed by atoms with Crippen molar-refractivity contribution < 1.29 is 5.11 Å². The Hall–Kier alpha value is -1.69.